The van der Waals surface area contributed by atoms with Crippen LogP contribution < -0.4 is 0 Å². The molecule has 1 nitrogen and oxygen atoms in total. The van der Waals surface area contributed by atoms with E-state index in [2.05, 4.69) is 48.8 Å². The Kier molecular flexibility index (Phi) is 4.44. The molecule has 0 atom stereocenters. The predicted molar refractivity (Wildman–Crippen MR) is 87.6 cm³/mol. The molecule has 0 aliphatic rings. The summed E-state index contributed by atoms with van der Waals surface area (Å²) < 4.78 is 0.910. The van der Waals surface area contributed by atoms with Crippen LogP contribution >= 0.6 is 15.9 Å². The zero-order valence-corrected chi connectivity index (χ0v) is 14.0. The quantitative estimate of drug-likeness (QED) is 0.715. The molecule has 0 saturated heterocycles. The van der Waals surface area contributed by atoms with Gasteiger partial charge in [0.2, 0.25) is 0 Å². The van der Waals surface area contributed by atoms with Gasteiger partial charge in [-0.25, -0.2) is 0 Å². The molecule has 0 N–H and O–H groups in total. The van der Waals surface area contributed by atoms with Crippen LogP contribution in [0, 0.1) is 27.7 Å². The summed E-state index contributed by atoms with van der Waals surface area (Å²) in [6.07, 6.45) is 0.458. The highest BCUT2D eigenvalue weighted by molar-refractivity contribution is 9.10. The molecule has 104 valence electrons. The Balaban J connectivity index is 2.36. The van der Waals surface area contributed by atoms with Gasteiger partial charge in [-0.3, -0.25) is 4.79 Å². The predicted octanol–water partition coefficient (Wildman–Crippen LogP) is 5.11. The fourth-order valence-corrected chi connectivity index (χ4v) is 3.09. The Labute approximate surface area is 129 Å². The lowest BCUT2D eigenvalue weighted by Gasteiger charge is -2.12. The molecule has 0 heterocycles. The Hall–Kier alpha value is -1.41. The number of Topliss-reactive ketones (excluding diaryl/α,β-unsaturated/α-hetero) is 1. The van der Waals surface area contributed by atoms with Crippen molar-refractivity contribution in [2.75, 3.05) is 0 Å². The number of hydrogen-bond acceptors (Lipinski definition) is 1. The van der Waals surface area contributed by atoms with Crippen molar-refractivity contribution in [2.24, 2.45) is 0 Å². The van der Waals surface area contributed by atoms with Gasteiger partial charge in [0.15, 0.2) is 5.78 Å². The lowest BCUT2D eigenvalue weighted by molar-refractivity contribution is 0.0991. The van der Waals surface area contributed by atoms with E-state index in [1.807, 2.05) is 25.1 Å². The molecule has 2 aromatic rings. The van der Waals surface area contributed by atoms with Crippen molar-refractivity contribution >= 4 is 21.7 Å². The van der Waals surface area contributed by atoms with Crippen LogP contribution in [0.3, 0.4) is 0 Å². The minimum atomic E-state index is 0.163. The molecule has 0 aromatic heterocycles. The second kappa shape index (κ2) is 5.92. The van der Waals surface area contributed by atoms with Crippen LogP contribution in [-0.4, -0.2) is 5.78 Å². The smallest absolute Gasteiger partial charge is 0.168 e. The minimum absolute atomic E-state index is 0.163. The Morgan fingerprint density at radius 1 is 1.00 bits per heavy atom. The van der Waals surface area contributed by atoms with Crippen molar-refractivity contribution in [2.45, 2.75) is 34.1 Å². The van der Waals surface area contributed by atoms with Gasteiger partial charge in [0, 0.05) is 16.5 Å². The number of aryl methyl sites for hydroxylation is 4. The van der Waals surface area contributed by atoms with E-state index in [0.717, 1.165) is 21.2 Å². The summed E-state index contributed by atoms with van der Waals surface area (Å²) in [5.41, 5.74) is 6.64. The van der Waals surface area contributed by atoms with Gasteiger partial charge in [0.1, 0.15) is 0 Å². The van der Waals surface area contributed by atoms with E-state index in [4.69, 9.17) is 0 Å². The van der Waals surface area contributed by atoms with E-state index >= 15 is 0 Å². The normalized spacial score (nSPS) is 10.7. The first-order chi connectivity index (χ1) is 9.40. The van der Waals surface area contributed by atoms with Crippen LogP contribution in [-0.2, 0) is 6.42 Å². The molecule has 0 fully saturated rings. The van der Waals surface area contributed by atoms with Gasteiger partial charge in [-0.2, -0.15) is 0 Å². The van der Waals surface area contributed by atoms with Crippen molar-refractivity contribution in [3.05, 3.63) is 68.2 Å². The van der Waals surface area contributed by atoms with E-state index in [9.17, 15) is 4.79 Å². The summed E-state index contributed by atoms with van der Waals surface area (Å²) in [5, 5.41) is 0. The summed E-state index contributed by atoms with van der Waals surface area (Å²) in [7, 11) is 0. The summed E-state index contributed by atoms with van der Waals surface area (Å²) in [6, 6.07) is 10.1. The van der Waals surface area contributed by atoms with E-state index in [0.29, 0.717) is 6.42 Å². The average molecular weight is 331 g/mol. The number of carbonyl (C=O) groups excluding carboxylic acids is 1. The van der Waals surface area contributed by atoms with E-state index in [1.54, 1.807) is 0 Å². The van der Waals surface area contributed by atoms with Crippen molar-refractivity contribution in [3.8, 4) is 0 Å². The molecule has 0 amide bonds. The van der Waals surface area contributed by atoms with Crippen LogP contribution in [0.5, 0.6) is 0 Å². The van der Waals surface area contributed by atoms with E-state index in [-0.39, 0.29) is 5.78 Å². The molecule has 0 aliphatic carbocycles. The van der Waals surface area contributed by atoms with Gasteiger partial charge in [-0.05, 0) is 65.9 Å². The zero-order chi connectivity index (χ0) is 14.9. The number of halogens is 1. The third-order valence-corrected chi connectivity index (χ3v) is 4.72. The van der Waals surface area contributed by atoms with Crippen molar-refractivity contribution in [1.82, 2.24) is 0 Å². The number of benzene rings is 2. The molecule has 0 unspecified atom stereocenters. The summed E-state index contributed by atoms with van der Waals surface area (Å²) >= 11 is 3.52. The molecule has 2 rings (SSSR count). The highest BCUT2D eigenvalue weighted by Gasteiger charge is 2.14. The molecule has 20 heavy (non-hydrogen) atoms. The van der Waals surface area contributed by atoms with Crippen LogP contribution in [0.1, 0.15) is 38.2 Å². The van der Waals surface area contributed by atoms with Crippen molar-refractivity contribution in [1.29, 1.82) is 0 Å². The first-order valence-electron chi connectivity index (χ1n) is 6.75. The summed E-state index contributed by atoms with van der Waals surface area (Å²) in [4.78, 5) is 12.5. The first kappa shape index (κ1) is 15.0. The van der Waals surface area contributed by atoms with E-state index < -0.39 is 0 Å². The number of hydrogen-bond donors (Lipinski definition) is 0. The molecular weight excluding hydrogens is 312 g/mol. The maximum absolute atomic E-state index is 12.5. The average Bonchev–Trinajstić information content (AvgIpc) is 2.36. The molecule has 2 aromatic carbocycles. The molecule has 2 heteroatoms. The van der Waals surface area contributed by atoms with E-state index in [1.165, 1.54) is 16.7 Å². The molecule has 0 saturated carbocycles. The zero-order valence-electron chi connectivity index (χ0n) is 12.4. The fourth-order valence-electron chi connectivity index (χ4n) is 2.61. The Bertz CT molecular complexity index is 648. The second-order valence-corrected chi connectivity index (χ2v) is 6.21. The van der Waals surface area contributed by atoms with Crippen LogP contribution in [0.2, 0.25) is 0 Å². The van der Waals surface area contributed by atoms with Crippen LogP contribution in [0.15, 0.2) is 34.8 Å². The summed E-state index contributed by atoms with van der Waals surface area (Å²) in [5.74, 6) is 0.163. The number of carbonyl (C=O) groups is 1. The van der Waals surface area contributed by atoms with Crippen molar-refractivity contribution in [3.63, 3.8) is 0 Å². The van der Waals surface area contributed by atoms with Gasteiger partial charge in [-0.1, -0.05) is 35.9 Å². The third kappa shape index (κ3) is 3.01. The topological polar surface area (TPSA) is 17.1 Å². The number of rotatable bonds is 3. The Morgan fingerprint density at radius 2 is 1.60 bits per heavy atom. The van der Waals surface area contributed by atoms with Gasteiger partial charge >= 0.3 is 0 Å². The maximum atomic E-state index is 12.5. The monoisotopic (exact) mass is 330 g/mol. The van der Waals surface area contributed by atoms with Gasteiger partial charge in [0.05, 0.1) is 0 Å². The SMILES string of the molecule is Cc1cc(C)c(CC(=O)c2cccc(C)c2Br)c(C)c1. The standard InChI is InChI=1S/C18H19BrO/c1-11-8-13(3)16(14(4)9-11)10-17(20)15-7-5-6-12(2)18(15)19/h5-9H,10H2,1-4H3. The maximum Gasteiger partial charge on any atom is 0.168 e. The third-order valence-electron chi connectivity index (χ3n) is 3.67. The van der Waals surface area contributed by atoms with Gasteiger partial charge < -0.3 is 0 Å². The lowest BCUT2D eigenvalue weighted by Crippen LogP contribution is -2.08. The minimum Gasteiger partial charge on any atom is -0.294 e. The largest absolute Gasteiger partial charge is 0.294 e. The molecule has 0 radical (unpaired) electrons. The van der Waals surface area contributed by atoms with Crippen LogP contribution in [0.4, 0.5) is 0 Å². The van der Waals surface area contributed by atoms with Crippen LogP contribution in [0.25, 0.3) is 0 Å². The first-order valence-corrected chi connectivity index (χ1v) is 7.54. The van der Waals surface area contributed by atoms with Gasteiger partial charge in [-0.15, -0.1) is 0 Å². The number of ketones is 1. The molecule has 0 bridgehead atoms. The molecule has 0 aliphatic heterocycles. The second-order valence-electron chi connectivity index (χ2n) is 5.41. The Morgan fingerprint density at radius 3 is 2.20 bits per heavy atom. The highest BCUT2D eigenvalue weighted by atomic mass is 79.9. The highest BCUT2D eigenvalue weighted by Crippen LogP contribution is 2.24. The lowest BCUT2D eigenvalue weighted by atomic mass is 9.93. The molecular formula is C18H19BrO. The van der Waals surface area contributed by atoms with Gasteiger partial charge in [0.25, 0.3) is 0 Å². The van der Waals surface area contributed by atoms with Crippen molar-refractivity contribution < 1.29 is 4.79 Å². The molecule has 0 spiro atoms. The fraction of sp³-hybridized carbons (Fsp3) is 0.278. The summed E-state index contributed by atoms with van der Waals surface area (Å²) in [6.45, 7) is 8.24.